The molecule has 1 N–H and O–H groups in total. The van der Waals surface area contributed by atoms with Gasteiger partial charge in [0.25, 0.3) is 0 Å². The molecule has 0 saturated carbocycles. The lowest BCUT2D eigenvalue weighted by Gasteiger charge is -2.13. The van der Waals surface area contributed by atoms with Crippen molar-refractivity contribution in [1.29, 1.82) is 0 Å². The third kappa shape index (κ3) is 1.57. The Kier molecular flexibility index (Phi) is 3.00. The van der Waals surface area contributed by atoms with Crippen molar-refractivity contribution in [2.75, 3.05) is 0 Å². The number of carbonyl (C=O) groups excluding carboxylic acids is 1. The second kappa shape index (κ2) is 3.73. The van der Waals surface area contributed by atoms with Gasteiger partial charge in [-0.05, 0) is 60.3 Å². The van der Waals surface area contributed by atoms with E-state index in [1.54, 1.807) is 0 Å². The lowest BCUT2D eigenvalue weighted by Crippen LogP contribution is -2.02. The fraction of sp³-hybridized carbons (Fsp3) is 0.364. The first-order chi connectivity index (χ1) is 6.37. The average molecular weight is 257 g/mol. The lowest BCUT2D eigenvalue weighted by molar-refractivity contribution is 0.101. The third-order valence-corrected chi connectivity index (χ3v) is 3.60. The van der Waals surface area contributed by atoms with E-state index in [2.05, 4.69) is 15.9 Å². The molecule has 0 radical (unpaired) electrons. The molecule has 1 rings (SSSR count). The second-order valence-corrected chi connectivity index (χ2v) is 4.26. The molecular formula is C11H13BrO2. The molecule has 14 heavy (non-hydrogen) atoms. The quantitative estimate of drug-likeness (QED) is 0.784. The molecule has 0 atom stereocenters. The molecule has 0 aromatic heterocycles. The topological polar surface area (TPSA) is 37.3 Å². The Morgan fingerprint density at radius 1 is 1.14 bits per heavy atom. The molecule has 1 aromatic rings. The molecule has 3 heteroatoms. The van der Waals surface area contributed by atoms with Gasteiger partial charge in [0.1, 0.15) is 5.75 Å². The summed E-state index contributed by atoms with van der Waals surface area (Å²) in [4.78, 5) is 11.3. The summed E-state index contributed by atoms with van der Waals surface area (Å²) >= 11 is 3.28. The van der Waals surface area contributed by atoms with Crippen molar-refractivity contribution >= 4 is 21.7 Å². The highest BCUT2D eigenvalue weighted by molar-refractivity contribution is 9.10. The minimum atomic E-state index is -0.108. The Morgan fingerprint density at radius 2 is 1.64 bits per heavy atom. The van der Waals surface area contributed by atoms with Crippen molar-refractivity contribution < 1.29 is 9.90 Å². The number of carbonyl (C=O) groups is 1. The fourth-order valence-corrected chi connectivity index (χ4v) is 2.02. The number of halogens is 1. The van der Waals surface area contributed by atoms with Crippen LogP contribution in [0.2, 0.25) is 0 Å². The summed E-state index contributed by atoms with van der Waals surface area (Å²) in [5.74, 6) is -0.0538. The van der Waals surface area contributed by atoms with Crippen molar-refractivity contribution in [3.8, 4) is 5.75 Å². The molecule has 0 aliphatic carbocycles. The van der Waals surface area contributed by atoms with E-state index in [1.165, 1.54) is 6.92 Å². The van der Waals surface area contributed by atoms with Gasteiger partial charge in [0.2, 0.25) is 0 Å². The maximum absolute atomic E-state index is 11.3. The zero-order chi connectivity index (χ0) is 11.0. The molecule has 2 nitrogen and oxygen atoms in total. The van der Waals surface area contributed by atoms with E-state index in [0.29, 0.717) is 10.0 Å². The summed E-state index contributed by atoms with van der Waals surface area (Å²) in [5, 5.41) is 9.79. The Morgan fingerprint density at radius 3 is 2.07 bits per heavy atom. The number of phenolic OH excluding ortho intramolecular Hbond substituents is 1. The molecule has 0 bridgehead atoms. The zero-order valence-electron chi connectivity index (χ0n) is 8.73. The van der Waals surface area contributed by atoms with Crippen LogP contribution in [0.25, 0.3) is 0 Å². The molecule has 0 amide bonds. The molecule has 0 unspecified atom stereocenters. The minimum absolute atomic E-state index is 0.0538. The number of benzene rings is 1. The highest BCUT2D eigenvalue weighted by atomic mass is 79.9. The summed E-state index contributed by atoms with van der Waals surface area (Å²) in [6.45, 7) is 7.17. The van der Waals surface area contributed by atoms with E-state index in [4.69, 9.17) is 0 Å². The van der Waals surface area contributed by atoms with Crippen molar-refractivity contribution in [2.45, 2.75) is 27.7 Å². The van der Waals surface area contributed by atoms with Crippen molar-refractivity contribution in [3.05, 3.63) is 26.7 Å². The predicted octanol–water partition coefficient (Wildman–Crippen LogP) is 3.28. The maximum atomic E-state index is 11.3. The van der Waals surface area contributed by atoms with E-state index < -0.39 is 0 Å². The summed E-state index contributed by atoms with van der Waals surface area (Å²) in [7, 11) is 0. The number of Topliss-reactive ketones (excluding diaryl/α,β-unsaturated/α-hetero) is 1. The molecule has 0 heterocycles. The van der Waals surface area contributed by atoms with E-state index in [0.717, 1.165) is 16.7 Å². The molecule has 1 aromatic carbocycles. The van der Waals surface area contributed by atoms with Crippen LogP contribution in [0, 0.1) is 20.8 Å². The number of rotatable bonds is 1. The largest absolute Gasteiger partial charge is 0.506 e. The van der Waals surface area contributed by atoms with E-state index in [1.807, 2.05) is 20.8 Å². The zero-order valence-corrected chi connectivity index (χ0v) is 10.3. The molecule has 0 aliphatic rings. The van der Waals surface area contributed by atoms with Gasteiger partial charge in [0.05, 0.1) is 10.0 Å². The van der Waals surface area contributed by atoms with Crippen LogP contribution in [-0.2, 0) is 0 Å². The Balaban J connectivity index is 3.68. The standard InChI is InChI=1S/C11H13BrO2/c1-5-6(2)9(8(4)13)11(14)10(12)7(5)3/h14H,1-4H3. The first-order valence-electron chi connectivity index (χ1n) is 4.37. The minimum Gasteiger partial charge on any atom is -0.506 e. The number of phenols is 1. The maximum Gasteiger partial charge on any atom is 0.163 e. The second-order valence-electron chi connectivity index (χ2n) is 3.47. The summed E-state index contributed by atoms with van der Waals surface area (Å²) in [5.41, 5.74) is 3.29. The molecule has 0 spiro atoms. The summed E-state index contributed by atoms with van der Waals surface area (Å²) in [6.07, 6.45) is 0. The van der Waals surface area contributed by atoms with Crippen molar-refractivity contribution in [1.82, 2.24) is 0 Å². The van der Waals surface area contributed by atoms with Gasteiger partial charge < -0.3 is 5.11 Å². The van der Waals surface area contributed by atoms with Crippen LogP contribution in [0.1, 0.15) is 34.0 Å². The van der Waals surface area contributed by atoms with Crippen LogP contribution in [0.3, 0.4) is 0 Å². The summed E-state index contributed by atoms with van der Waals surface area (Å²) < 4.78 is 0.616. The van der Waals surface area contributed by atoms with Gasteiger partial charge in [-0.2, -0.15) is 0 Å². The molecule has 0 saturated heterocycles. The normalized spacial score (nSPS) is 10.4. The van der Waals surface area contributed by atoms with E-state index >= 15 is 0 Å². The van der Waals surface area contributed by atoms with Crippen molar-refractivity contribution in [3.63, 3.8) is 0 Å². The summed E-state index contributed by atoms with van der Waals surface area (Å²) in [6, 6.07) is 0. The molecular weight excluding hydrogens is 244 g/mol. The highest BCUT2D eigenvalue weighted by Gasteiger charge is 2.17. The van der Waals surface area contributed by atoms with Crippen LogP contribution < -0.4 is 0 Å². The Bertz CT molecular complexity index is 379. The van der Waals surface area contributed by atoms with Gasteiger partial charge >= 0.3 is 0 Å². The van der Waals surface area contributed by atoms with Gasteiger partial charge in [-0.3, -0.25) is 4.79 Å². The first kappa shape index (κ1) is 11.2. The van der Waals surface area contributed by atoms with Gasteiger partial charge in [0, 0.05) is 0 Å². The van der Waals surface area contributed by atoms with Crippen LogP contribution in [0.5, 0.6) is 5.75 Å². The van der Waals surface area contributed by atoms with Gasteiger partial charge in [-0.1, -0.05) is 0 Å². The smallest absolute Gasteiger partial charge is 0.163 e. The van der Waals surface area contributed by atoms with Crippen LogP contribution in [0.15, 0.2) is 4.47 Å². The average Bonchev–Trinajstić information content (AvgIpc) is 2.11. The first-order valence-corrected chi connectivity index (χ1v) is 5.16. The SMILES string of the molecule is CC(=O)c1c(C)c(C)c(C)c(Br)c1O. The fourth-order valence-electron chi connectivity index (χ4n) is 1.53. The van der Waals surface area contributed by atoms with E-state index in [-0.39, 0.29) is 11.5 Å². The highest BCUT2D eigenvalue weighted by Crippen LogP contribution is 2.36. The number of hydrogen-bond donors (Lipinski definition) is 1. The van der Waals surface area contributed by atoms with Crippen LogP contribution in [0.4, 0.5) is 0 Å². The number of ketones is 1. The van der Waals surface area contributed by atoms with Crippen LogP contribution >= 0.6 is 15.9 Å². The van der Waals surface area contributed by atoms with Gasteiger partial charge in [-0.15, -0.1) is 0 Å². The molecule has 76 valence electrons. The monoisotopic (exact) mass is 256 g/mol. The van der Waals surface area contributed by atoms with E-state index in [9.17, 15) is 9.90 Å². The third-order valence-electron chi connectivity index (χ3n) is 2.63. The molecule has 0 fully saturated rings. The Hall–Kier alpha value is -0.830. The van der Waals surface area contributed by atoms with Crippen LogP contribution in [-0.4, -0.2) is 10.9 Å². The van der Waals surface area contributed by atoms with Gasteiger partial charge in [-0.25, -0.2) is 0 Å². The Labute approximate surface area is 92.1 Å². The lowest BCUT2D eigenvalue weighted by atomic mass is 9.96. The molecule has 0 aliphatic heterocycles. The number of hydrogen-bond acceptors (Lipinski definition) is 2. The predicted molar refractivity (Wildman–Crippen MR) is 60.0 cm³/mol. The van der Waals surface area contributed by atoms with Gasteiger partial charge in [0.15, 0.2) is 5.78 Å². The number of aromatic hydroxyl groups is 1. The van der Waals surface area contributed by atoms with Crippen molar-refractivity contribution in [2.24, 2.45) is 0 Å².